The van der Waals surface area contributed by atoms with E-state index in [1.165, 1.54) is 25.2 Å². The van der Waals surface area contributed by atoms with Crippen molar-refractivity contribution in [3.8, 4) is 0 Å². The molecule has 0 bridgehead atoms. The molecule has 2 heterocycles. The zero-order valence-corrected chi connectivity index (χ0v) is 24.6. The molecule has 0 radical (unpaired) electrons. The van der Waals surface area contributed by atoms with E-state index in [4.69, 9.17) is 0 Å². The van der Waals surface area contributed by atoms with Crippen LogP contribution in [0.1, 0.15) is 81.2 Å². The highest BCUT2D eigenvalue weighted by Gasteiger charge is 2.39. The predicted molar refractivity (Wildman–Crippen MR) is 160 cm³/mol. The first-order chi connectivity index (χ1) is 18.9. The molecule has 1 fully saturated rings. The number of hydrogen-bond donors (Lipinski definition) is 0. The van der Waals surface area contributed by atoms with Gasteiger partial charge in [-0.2, -0.15) is 0 Å². The summed E-state index contributed by atoms with van der Waals surface area (Å²) in [5.74, 6) is -0.894. The van der Waals surface area contributed by atoms with E-state index in [1.807, 2.05) is 0 Å². The van der Waals surface area contributed by atoms with E-state index in [0.29, 0.717) is 0 Å². The van der Waals surface area contributed by atoms with E-state index in [0.717, 1.165) is 43.6 Å². The van der Waals surface area contributed by atoms with Gasteiger partial charge in [0.2, 0.25) is 0 Å². The summed E-state index contributed by atoms with van der Waals surface area (Å²) in [6.45, 7) is 13.1. The number of carbonyl (C=O) groups is 3. The number of likely N-dealkylation sites (N-methyl/N-ethyl adjacent to an activating group) is 2. The molecule has 0 aromatic heterocycles. The molecule has 0 aliphatic carbocycles. The molecule has 0 spiro atoms. The Morgan fingerprint density at radius 1 is 0.675 bits per heavy atom. The first-order valence-electron chi connectivity index (χ1n) is 13.8. The maximum Gasteiger partial charge on any atom is 0.333 e. The van der Waals surface area contributed by atoms with Crippen molar-refractivity contribution in [3.05, 3.63) is 94.1 Å². The van der Waals surface area contributed by atoms with Crippen LogP contribution in [-0.4, -0.2) is 41.7 Å². The maximum absolute atomic E-state index is 13.0. The normalized spacial score (nSPS) is 16.6. The summed E-state index contributed by atoms with van der Waals surface area (Å²) in [6, 6.07) is 20.9. The molecule has 206 valence electrons. The van der Waals surface area contributed by atoms with Crippen LogP contribution in [0.25, 0.3) is 6.08 Å². The Labute approximate surface area is 236 Å². The minimum absolute atomic E-state index is 0.00984. The van der Waals surface area contributed by atoms with Crippen molar-refractivity contribution in [1.82, 2.24) is 9.80 Å². The van der Waals surface area contributed by atoms with Gasteiger partial charge in [-0.15, -0.1) is 0 Å². The van der Waals surface area contributed by atoms with Crippen LogP contribution in [0, 0.1) is 0 Å². The number of rotatable bonds is 4. The highest BCUT2D eigenvalue weighted by atomic mass is 16.2. The summed E-state index contributed by atoms with van der Waals surface area (Å²) in [5, 5.41) is 0. The minimum atomic E-state index is -0.625. The lowest BCUT2D eigenvalue weighted by molar-refractivity contribution is -0.134. The summed E-state index contributed by atoms with van der Waals surface area (Å²) in [4.78, 5) is 42.7. The standard InChI is InChI=1S/C34H37N3O3/c1-20(2)23-19-30(37-28-15-11-9-13-26(28)34(5,6)27-14-10-12-16-29(27)37)24(21(3)4)17-22(23)18-25-31(38)35(7)33(40)36(8)32(25)39/h9-21H,1-8H3. The molecule has 3 aromatic rings. The van der Waals surface area contributed by atoms with Gasteiger partial charge in [0.25, 0.3) is 11.8 Å². The first kappa shape index (κ1) is 27.4. The lowest BCUT2D eigenvalue weighted by Crippen LogP contribution is -2.52. The molecular weight excluding hydrogens is 498 g/mol. The number of nitrogens with zero attached hydrogens (tertiary/aromatic N) is 3. The molecule has 0 saturated carbocycles. The monoisotopic (exact) mass is 535 g/mol. The topological polar surface area (TPSA) is 60.9 Å². The molecule has 2 aliphatic rings. The molecule has 4 amide bonds. The minimum Gasteiger partial charge on any atom is -0.310 e. The van der Waals surface area contributed by atoms with Crippen molar-refractivity contribution < 1.29 is 14.4 Å². The molecule has 0 N–H and O–H groups in total. The Morgan fingerprint density at radius 2 is 1.15 bits per heavy atom. The molecule has 0 atom stereocenters. The fourth-order valence-electron chi connectivity index (χ4n) is 5.98. The van der Waals surface area contributed by atoms with Crippen LogP contribution in [-0.2, 0) is 15.0 Å². The van der Waals surface area contributed by atoms with Crippen LogP contribution in [0.2, 0.25) is 0 Å². The number of benzene rings is 3. The zero-order chi connectivity index (χ0) is 29.1. The van der Waals surface area contributed by atoms with E-state index in [1.54, 1.807) is 6.08 Å². The summed E-state index contributed by atoms with van der Waals surface area (Å²) in [7, 11) is 2.81. The third-order valence-electron chi connectivity index (χ3n) is 8.30. The van der Waals surface area contributed by atoms with Crippen molar-refractivity contribution in [3.63, 3.8) is 0 Å². The number of para-hydroxylation sites is 2. The van der Waals surface area contributed by atoms with Gasteiger partial charge < -0.3 is 4.90 Å². The van der Waals surface area contributed by atoms with Crippen LogP contribution in [0.15, 0.2) is 66.2 Å². The molecule has 6 heteroatoms. The van der Waals surface area contributed by atoms with E-state index in [2.05, 4.69) is 107 Å². The SMILES string of the molecule is CC(C)c1cc(N2c3ccccc3C(C)(C)c3ccccc32)c(C(C)C)cc1C=C1C(=O)N(C)C(=O)N(C)C1=O. The average Bonchev–Trinajstić information content (AvgIpc) is 2.93. The molecule has 3 aromatic carbocycles. The third-order valence-corrected chi connectivity index (χ3v) is 8.30. The first-order valence-corrected chi connectivity index (χ1v) is 13.8. The highest BCUT2D eigenvalue weighted by molar-refractivity contribution is 6.30. The van der Waals surface area contributed by atoms with E-state index in [9.17, 15) is 14.4 Å². The molecule has 0 unspecified atom stereocenters. The summed E-state index contributed by atoms with van der Waals surface area (Å²) >= 11 is 0. The van der Waals surface area contributed by atoms with Gasteiger partial charge in [-0.1, -0.05) is 77.9 Å². The van der Waals surface area contributed by atoms with Crippen molar-refractivity contribution in [2.24, 2.45) is 0 Å². The van der Waals surface area contributed by atoms with Crippen molar-refractivity contribution in [2.45, 2.75) is 58.8 Å². The molecule has 2 aliphatic heterocycles. The maximum atomic E-state index is 13.0. The number of hydrogen-bond acceptors (Lipinski definition) is 4. The lowest BCUT2D eigenvalue weighted by atomic mass is 9.73. The van der Waals surface area contributed by atoms with Gasteiger partial charge in [0.1, 0.15) is 5.57 Å². The summed E-state index contributed by atoms with van der Waals surface area (Å²) < 4.78 is 0. The van der Waals surface area contributed by atoms with E-state index in [-0.39, 0.29) is 22.8 Å². The Morgan fingerprint density at radius 3 is 1.62 bits per heavy atom. The molecular formula is C34H37N3O3. The number of barbiturate groups is 1. The predicted octanol–water partition coefficient (Wildman–Crippen LogP) is 7.48. The lowest BCUT2D eigenvalue weighted by Gasteiger charge is -2.43. The van der Waals surface area contributed by atoms with Gasteiger partial charge >= 0.3 is 6.03 Å². The Hall–Kier alpha value is -4.19. The second-order valence-electron chi connectivity index (χ2n) is 11.9. The second-order valence-corrected chi connectivity index (χ2v) is 11.9. The molecule has 1 saturated heterocycles. The van der Waals surface area contributed by atoms with Gasteiger partial charge in [-0.3, -0.25) is 19.4 Å². The quantitative estimate of drug-likeness (QED) is 0.257. The van der Waals surface area contributed by atoms with Gasteiger partial charge in [0.05, 0.1) is 11.4 Å². The number of carbonyl (C=O) groups excluding carboxylic acids is 3. The number of imide groups is 2. The number of anilines is 3. The Balaban J connectivity index is 1.78. The van der Waals surface area contributed by atoms with Crippen LogP contribution in [0.3, 0.4) is 0 Å². The van der Waals surface area contributed by atoms with Crippen molar-refractivity contribution >= 4 is 41.0 Å². The number of urea groups is 1. The average molecular weight is 536 g/mol. The van der Waals surface area contributed by atoms with Gasteiger partial charge in [0, 0.05) is 25.2 Å². The highest BCUT2D eigenvalue weighted by Crippen LogP contribution is 2.53. The van der Waals surface area contributed by atoms with Crippen molar-refractivity contribution in [1.29, 1.82) is 0 Å². The molecule has 5 rings (SSSR count). The van der Waals surface area contributed by atoms with E-state index >= 15 is 0 Å². The number of fused-ring (bicyclic) bond motifs is 2. The van der Waals surface area contributed by atoms with E-state index < -0.39 is 17.8 Å². The van der Waals surface area contributed by atoms with Gasteiger partial charge in [-0.05, 0) is 70.0 Å². The molecule has 6 nitrogen and oxygen atoms in total. The fourth-order valence-corrected chi connectivity index (χ4v) is 5.98. The fraction of sp³-hybridized carbons (Fsp3) is 0.324. The Kier molecular flexibility index (Phi) is 6.69. The molecule has 40 heavy (non-hydrogen) atoms. The largest absolute Gasteiger partial charge is 0.333 e. The second kappa shape index (κ2) is 9.77. The zero-order valence-electron chi connectivity index (χ0n) is 24.6. The number of amides is 4. The summed E-state index contributed by atoms with van der Waals surface area (Å²) in [5.41, 5.74) is 8.67. The third kappa shape index (κ3) is 4.14. The Bertz CT molecular complexity index is 1510. The van der Waals surface area contributed by atoms with Crippen LogP contribution in [0.4, 0.5) is 21.9 Å². The smallest absolute Gasteiger partial charge is 0.310 e. The van der Waals surface area contributed by atoms with Crippen LogP contribution in [0.5, 0.6) is 0 Å². The summed E-state index contributed by atoms with van der Waals surface area (Å²) in [6.07, 6.45) is 1.66. The van der Waals surface area contributed by atoms with Gasteiger partial charge in [0.15, 0.2) is 0 Å². The van der Waals surface area contributed by atoms with Crippen LogP contribution >= 0.6 is 0 Å². The van der Waals surface area contributed by atoms with Crippen molar-refractivity contribution in [2.75, 3.05) is 19.0 Å². The van der Waals surface area contributed by atoms with Crippen LogP contribution < -0.4 is 4.90 Å². The van der Waals surface area contributed by atoms with Gasteiger partial charge in [-0.25, -0.2) is 4.79 Å².